The van der Waals surface area contributed by atoms with Crippen LogP contribution in [0.15, 0.2) is 48.5 Å². The van der Waals surface area contributed by atoms with E-state index in [4.69, 9.17) is 9.47 Å². The first-order chi connectivity index (χ1) is 13.4. The normalized spacial score (nSPS) is 26.8. The number of piperidine rings is 1. The Balaban J connectivity index is 1.51. The Kier molecular flexibility index (Phi) is 5.03. The molecule has 2 aromatic rings. The first-order valence-corrected chi connectivity index (χ1v) is 9.20. The van der Waals surface area contributed by atoms with Crippen LogP contribution in [0.5, 0.6) is 0 Å². The van der Waals surface area contributed by atoms with Crippen molar-refractivity contribution < 1.29 is 28.2 Å². The summed E-state index contributed by atoms with van der Waals surface area (Å²) in [5.74, 6) is -1.48. The zero-order chi connectivity index (χ0) is 19.7. The second kappa shape index (κ2) is 7.48. The number of halogens is 2. The highest BCUT2D eigenvalue weighted by molar-refractivity contribution is 5.69. The van der Waals surface area contributed by atoms with Gasteiger partial charge in [-0.05, 0) is 23.3 Å². The SMILES string of the molecule is O=C(OCc1ccccc1)N1C2COCC1CC(O)(c1cc(F)cc(F)c1)C2. The summed E-state index contributed by atoms with van der Waals surface area (Å²) < 4.78 is 38.3. The summed E-state index contributed by atoms with van der Waals surface area (Å²) in [6.07, 6.45) is -0.241. The Hall–Kier alpha value is -2.51. The van der Waals surface area contributed by atoms with Crippen LogP contribution < -0.4 is 0 Å². The van der Waals surface area contributed by atoms with E-state index in [1.807, 2.05) is 30.3 Å². The first kappa shape index (κ1) is 18.8. The summed E-state index contributed by atoms with van der Waals surface area (Å²) in [6.45, 7) is 0.615. The summed E-state index contributed by atoms with van der Waals surface area (Å²) in [7, 11) is 0. The molecule has 2 unspecified atom stereocenters. The minimum atomic E-state index is -1.43. The molecule has 0 radical (unpaired) electrons. The Labute approximate surface area is 161 Å². The van der Waals surface area contributed by atoms with E-state index in [9.17, 15) is 18.7 Å². The van der Waals surface area contributed by atoms with Crippen molar-refractivity contribution in [1.29, 1.82) is 0 Å². The van der Waals surface area contributed by atoms with Crippen LogP contribution in [0.25, 0.3) is 0 Å². The van der Waals surface area contributed by atoms with E-state index in [-0.39, 0.29) is 38.2 Å². The van der Waals surface area contributed by atoms with Crippen LogP contribution in [0, 0.1) is 11.6 Å². The molecular weight excluding hydrogens is 368 g/mol. The summed E-state index contributed by atoms with van der Waals surface area (Å²) in [4.78, 5) is 14.3. The van der Waals surface area contributed by atoms with Gasteiger partial charge in [0.1, 0.15) is 18.2 Å². The molecule has 1 N–H and O–H groups in total. The van der Waals surface area contributed by atoms with Crippen molar-refractivity contribution in [2.75, 3.05) is 13.2 Å². The van der Waals surface area contributed by atoms with Gasteiger partial charge >= 0.3 is 6.09 Å². The Bertz CT molecular complexity index is 826. The number of ether oxygens (including phenoxy) is 2. The lowest BCUT2D eigenvalue weighted by molar-refractivity contribution is -0.137. The van der Waals surface area contributed by atoms with E-state index in [2.05, 4.69) is 0 Å². The van der Waals surface area contributed by atoms with Crippen LogP contribution in [0.1, 0.15) is 24.0 Å². The maximum atomic E-state index is 13.6. The van der Waals surface area contributed by atoms with Gasteiger partial charge in [0.25, 0.3) is 0 Å². The van der Waals surface area contributed by atoms with Crippen molar-refractivity contribution in [3.63, 3.8) is 0 Å². The van der Waals surface area contributed by atoms with Gasteiger partial charge in [0.05, 0.1) is 30.9 Å². The second-order valence-corrected chi connectivity index (χ2v) is 7.39. The van der Waals surface area contributed by atoms with Crippen LogP contribution in [-0.4, -0.2) is 41.4 Å². The number of benzene rings is 2. The summed E-state index contributed by atoms with van der Waals surface area (Å²) in [5, 5.41) is 11.1. The summed E-state index contributed by atoms with van der Waals surface area (Å²) in [5.41, 5.74) is -0.377. The molecule has 0 spiro atoms. The quantitative estimate of drug-likeness (QED) is 0.875. The highest BCUT2D eigenvalue weighted by atomic mass is 19.1. The van der Waals surface area contributed by atoms with Gasteiger partial charge in [-0.2, -0.15) is 0 Å². The standard InChI is InChI=1S/C21H21F2NO4/c22-16-6-15(7-17(23)8-16)21(26)9-18-12-27-13-19(10-21)24(18)20(25)28-11-14-4-2-1-3-5-14/h1-8,18-19,26H,9-13H2. The highest BCUT2D eigenvalue weighted by Gasteiger charge is 2.49. The van der Waals surface area contributed by atoms with Crippen molar-refractivity contribution in [2.24, 2.45) is 0 Å². The molecular formula is C21H21F2NO4. The fraction of sp³-hybridized carbons (Fsp3) is 0.381. The third-order valence-corrected chi connectivity index (χ3v) is 5.37. The van der Waals surface area contributed by atoms with Crippen molar-refractivity contribution >= 4 is 6.09 Å². The lowest BCUT2D eigenvalue weighted by Gasteiger charge is -2.51. The van der Waals surface area contributed by atoms with E-state index in [0.717, 1.165) is 23.8 Å². The van der Waals surface area contributed by atoms with Crippen LogP contribution in [0.3, 0.4) is 0 Å². The molecule has 2 aliphatic rings. The van der Waals surface area contributed by atoms with Gasteiger partial charge in [-0.15, -0.1) is 0 Å². The first-order valence-electron chi connectivity index (χ1n) is 9.20. The molecule has 148 valence electrons. The molecule has 4 rings (SSSR count). The predicted molar refractivity (Wildman–Crippen MR) is 96.3 cm³/mol. The van der Waals surface area contributed by atoms with E-state index < -0.39 is 35.4 Å². The van der Waals surface area contributed by atoms with Crippen LogP contribution in [0.4, 0.5) is 13.6 Å². The van der Waals surface area contributed by atoms with Crippen molar-refractivity contribution in [2.45, 2.75) is 37.1 Å². The zero-order valence-corrected chi connectivity index (χ0v) is 15.2. The third-order valence-electron chi connectivity index (χ3n) is 5.37. The van der Waals surface area contributed by atoms with Crippen LogP contribution >= 0.6 is 0 Å². The fourth-order valence-electron chi connectivity index (χ4n) is 4.13. The van der Waals surface area contributed by atoms with Gasteiger partial charge in [-0.3, -0.25) is 4.90 Å². The average molecular weight is 389 g/mol. The third kappa shape index (κ3) is 3.72. The molecule has 2 fully saturated rings. The molecule has 2 aliphatic heterocycles. The second-order valence-electron chi connectivity index (χ2n) is 7.39. The smallest absolute Gasteiger partial charge is 0.410 e. The van der Waals surface area contributed by atoms with Crippen molar-refractivity contribution in [3.8, 4) is 0 Å². The van der Waals surface area contributed by atoms with Gasteiger partial charge in [-0.25, -0.2) is 13.6 Å². The lowest BCUT2D eigenvalue weighted by Crippen LogP contribution is -2.62. The largest absolute Gasteiger partial charge is 0.445 e. The molecule has 28 heavy (non-hydrogen) atoms. The summed E-state index contributed by atoms with van der Waals surface area (Å²) in [6, 6.07) is 11.5. The van der Waals surface area contributed by atoms with Gasteiger partial charge < -0.3 is 14.6 Å². The van der Waals surface area contributed by atoms with E-state index in [1.165, 1.54) is 0 Å². The molecule has 2 atom stereocenters. The zero-order valence-electron chi connectivity index (χ0n) is 15.2. The van der Waals surface area contributed by atoms with Crippen molar-refractivity contribution in [3.05, 3.63) is 71.3 Å². The molecule has 0 aromatic heterocycles. The Morgan fingerprint density at radius 3 is 2.32 bits per heavy atom. The molecule has 0 aliphatic carbocycles. The average Bonchev–Trinajstić information content (AvgIpc) is 2.65. The van der Waals surface area contributed by atoms with Crippen LogP contribution in [0.2, 0.25) is 0 Å². The number of carbonyl (C=O) groups is 1. The van der Waals surface area contributed by atoms with E-state index in [1.54, 1.807) is 4.90 Å². The van der Waals surface area contributed by atoms with Gasteiger partial charge in [0.15, 0.2) is 0 Å². The number of aliphatic hydroxyl groups is 1. The maximum absolute atomic E-state index is 13.6. The highest BCUT2D eigenvalue weighted by Crippen LogP contribution is 2.41. The minimum absolute atomic E-state index is 0.118. The molecule has 0 saturated carbocycles. The molecule has 2 saturated heterocycles. The van der Waals surface area contributed by atoms with Gasteiger partial charge in [0, 0.05) is 18.9 Å². The summed E-state index contributed by atoms with van der Waals surface area (Å²) >= 11 is 0. The number of hydrogen-bond donors (Lipinski definition) is 1. The number of morpholine rings is 1. The molecule has 2 heterocycles. The number of rotatable bonds is 3. The van der Waals surface area contributed by atoms with E-state index >= 15 is 0 Å². The number of nitrogens with zero attached hydrogens (tertiary/aromatic N) is 1. The Morgan fingerprint density at radius 1 is 1.11 bits per heavy atom. The molecule has 1 amide bonds. The number of carbonyl (C=O) groups excluding carboxylic acids is 1. The predicted octanol–water partition coefficient (Wildman–Crippen LogP) is 3.35. The number of fused-ring (bicyclic) bond motifs is 2. The molecule has 2 bridgehead atoms. The molecule has 5 nitrogen and oxygen atoms in total. The fourth-order valence-corrected chi connectivity index (χ4v) is 4.13. The monoisotopic (exact) mass is 389 g/mol. The maximum Gasteiger partial charge on any atom is 0.410 e. The number of amides is 1. The number of hydrogen-bond acceptors (Lipinski definition) is 4. The molecule has 7 heteroatoms. The Morgan fingerprint density at radius 2 is 1.71 bits per heavy atom. The van der Waals surface area contributed by atoms with Gasteiger partial charge in [-0.1, -0.05) is 30.3 Å². The lowest BCUT2D eigenvalue weighted by atomic mass is 9.77. The van der Waals surface area contributed by atoms with Crippen LogP contribution in [-0.2, 0) is 21.7 Å². The van der Waals surface area contributed by atoms with E-state index in [0.29, 0.717) is 0 Å². The van der Waals surface area contributed by atoms with Gasteiger partial charge in [0.2, 0.25) is 0 Å². The minimum Gasteiger partial charge on any atom is -0.445 e. The topological polar surface area (TPSA) is 59.0 Å². The molecule has 2 aromatic carbocycles. The van der Waals surface area contributed by atoms with Crippen molar-refractivity contribution in [1.82, 2.24) is 4.90 Å².